The molecule has 0 bridgehead atoms. The van der Waals surface area contributed by atoms with Crippen LogP contribution >= 0.6 is 11.6 Å². The maximum absolute atomic E-state index is 15.2. The first-order valence-electron chi connectivity index (χ1n) is 17.9. The van der Waals surface area contributed by atoms with Crippen LogP contribution in [0.1, 0.15) is 45.9 Å². The normalized spacial score (nSPS) is 13.4. The summed E-state index contributed by atoms with van der Waals surface area (Å²) < 4.78 is 24.1. The Morgan fingerprint density at radius 1 is 0.750 bits per heavy atom. The fourth-order valence-corrected chi connectivity index (χ4v) is 7.34. The Morgan fingerprint density at radius 2 is 1.33 bits per heavy atom. The van der Waals surface area contributed by atoms with Crippen LogP contribution in [0.25, 0.3) is 10.9 Å². The van der Waals surface area contributed by atoms with Crippen LogP contribution in [0, 0.1) is 0 Å². The number of benzene rings is 4. The van der Waals surface area contributed by atoms with Gasteiger partial charge in [0.15, 0.2) is 13.6 Å². The molecule has 9 nitrogen and oxygen atoms in total. The molecule has 0 aliphatic carbocycles. The molecule has 4 aromatic carbocycles. The third-order valence-electron chi connectivity index (χ3n) is 9.61. The van der Waals surface area contributed by atoms with E-state index in [0.29, 0.717) is 37.7 Å². The van der Waals surface area contributed by atoms with E-state index in [1.807, 2.05) is 53.4 Å². The van der Waals surface area contributed by atoms with Crippen molar-refractivity contribution >= 4 is 34.1 Å². The second-order valence-corrected chi connectivity index (χ2v) is 13.8. The molecular formula is C42H49ClN4O5. The second kappa shape index (κ2) is 17.8. The predicted molar refractivity (Wildman–Crippen MR) is 208 cm³/mol. The molecule has 5 aromatic rings. The van der Waals surface area contributed by atoms with Crippen LogP contribution in [-0.4, -0.2) is 94.9 Å². The molecule has 0 atom stereocenters. The van der Waals surface area contributed by atoms with E-state index in [4.69, 9.17) is 30.5 Å². The zero-order valence-corrected chi connectivity index (χ0v) is 31.4. The zero-order valence-electron chi connectivity index (χ0n) is 30.6. The van der Waals surface area contributed by atoms with Gasteiger partial charge in [0, 0.05) is 69.3 Å². The largest absolute Gasteiger partial charge is 0.468 e. The van der Waals surface area contributed by atoms with Crippen LogP contribution < -0.4 is 14.4 Å². The summed E-state index contributed by atoms with van der Waals surface area (Å²) in [6, 6.07) is 32.6. The van der Waals surface area contributed by atoms with Crippen LogP contribution in [-0.2, 0) is 16.0 Å². The van der Waals surface area contributed by atoms with E-state index < -0.39 is 0 Å². The summed E-state index contributed by atoms with van der Waals surface area (Å²) in [5, 5.41) is 1.79. The van der Waals surface area contributed by atoms with Crippen LogP contribution in [0.2, 0.25) is 5.02 Å². The maximum atomic E-state index is 15.2. The van der Waals surface area contributed by atoms with Gasteiger partial charge in [-0.2, -0.15) is 0 Å². The second-order valence-electron chi connectivity index (χ2n) is 13.3. The number of fused-ring (bicyclic) bond motifs is 1. The summed E-state index contributed by atoms with van der Waals surface area (Å²) >= 11 is 6.58. The van der Waals surface area contributed by atoms with Gasteiger partial charge in [0.1, 0.15) is 17.2 Å². The van der Waals surface area contributed by atoms with Crippen molar-refractivity contribution in [3.8, 4) is 11.5 Å². The van der Waals surface area contributed by atoms with Crippen molar-refractivity contribution < 1.29 is 23.7 Å². The molecule has 1 saturated heterocycles. The number of amides is 1. The van der Waals surface area contributed by atoms with E-state index in [2.05, 4.69) is 77.0 Å². The van der Waals surface area contributed by atoms with Crippen molar-refractivity contribution in [2.24, 2.45) is 0 Å². The Balaban J connectivity index is 1.46. The van der Waals surface area contributed by atoms with Crippen molar-refractivity contribution in [1.29, 1.82) is 0 Å². The highest BCUT2D eigenvalue weighted by Crippen LogP contribution is 2.42. The summed E-state index contributed by atoms with van der Waals surface area (Å²) in [5.74, 6) is 1.21. The van der Waals surface area contributed by atoms with Gasteiger partial charge in [-0.1, -0.05) is 66.2 Å². The number of aryl methyl sites for hydroxylation is 1. The highest BCUT2D eigenvalue weighted by atomic mass is 35.5. The third-order valence-corrected chi connectivity index (χ3v) is 9.93. The number of carbonyl (C=O) groups excluding carboxylic acids is 1. The summed E-state index contributed by atoms with van der Waals surface area (Å²) in [6.45, 7) is 4.62. The topological polar surface area (TPSA) is 68.6 Å². The summed E-state index contributed by atoms with van der Waals surface area (Å²) in [7, 11) is 7.41. The summed E-state index contributed by atoms with van der Waals surface area (Å²) in [5.41, 5.74) is 5.89. The lowest BCUT2D eigenvalue weighted by Gasteiger charge is -2.37. The third kappa shape index (κ3) is 8.56. The number of piperazine rings is 1. The van der Waals surface area contributed by atoms with Crippen molar-refractivity contribution in [2.75, 3.05) is 79.5 Å². The molecule has 10 heteroatoms. The number of para-hydroxylation sites is 2. The van der Waals surface area contributed by atoms with Crippen molar-refractivity contribution in [3.05, 3.63) is 124 Å². The monoisotopic (exact) mass is 724 g/mol. The Bertz CT molecular complexity index is 1850. The fourth-order valence-electron chi connectivity index (χ4n) is 7.08. The van der Waals surface area contributed by atoms with Crippen LogP contribution in [0.5, 0.6) is 11.5 Å². The predicted octanol–water partition coefficient (Wildman–Crippen LogP) is 7.74. The molecule has 1 aromatic heterocycles. The standard InChI is InChI=1S/C42H49ClN4O5/c1-44(2)23-9-10-24-47-37-13-7-5-11-35(37)40(41(47)42(48)46-27-25-45(26-28-46)38-14-8-6-12-36(38)43)39(31-15-19-33(20-16-31)51-29-49-3)32-17-21-34(22-18-32)52-30-50-4/h5-8,11-22,39H,9-10,23-30H2,1-4H3. The molecule has 0 radical (unpaired) electrons. The van der Waals surface area contributed by atoms with Crippen molar-refractivity contribution in [2.45, 2.75) is 25.3 Å². The molecule has 1 aliphatic heterocycles. The zero-order chi connectivity index (χ0) is 36.5. The number of rotatable bonds is 16. The first-order valence-corrected chi connectivity index (χ1v) is 18.3. The number of aromatic nitrogens is 1. The molecule has 1 amide bonds. The fraction of sp³-hybridized carbons (Fsp3) is 0.357. The van der Waals surface area contributed by atoms with Gasteiger partial charge in [0.25, 0.3) is 5.91 Å². The van der Waals surface area contributed by atoms with Crippen LogP contribution in [0.15, 0.2) is 97.1 Å². The van der Waals surface area contributed by atoms with Gasteiger partial charge in [0.05, 0.1) is 10.7 Å². The smallest absolute Gasteiger partial charge is 0.270 e. The number of anilines is 1. The van der Waals surface area contributed by atoms with E-state index in [9.17, 15) is 0 Å². The average molecular weight is 725 g/mol. The Kier molecular flexibility index (Phi) is 12.7. The molecule has 0 unspecified atom stereocenters. The highest BCUT2D eigenvalue weighted by molar-refractivity contribution is 6.33. The summed E-state index contributed by atoms with van der Waals surface area (Å²) in [6.07, 6.45) is 1.97. The van der Waals surface area contributed by atoms with E-state index in [1.165, 1.54) is 0 Å². The first-order chi connectivity index (χ1) is 25.4. The quantitative estimate of drug-likeness (QED) is 0.0762. The number of carbonyl (C=O) groups is 1. The Morgan fingerprint density at radius 3 is 1.90 bits per heavy atom. The Labute approximate surface area is 312 Å². The highest BCUT2D eigenvalue weighted by Gasteiger charge is 2.33. The van der Waals surface area contributed by atoms with Gasteiger partial charge < -0.3 is 38.2 Å². The van der Waals surface area contributed by atoms with Gasteiger partial charge in [-0.15, -0.1) is 0 Å². The SMILES string of the molecule is COCOc1ccc(C(c2ccc(OCOC)cc2)c2c(C(=O)N3CCN(c4ccccc4Cl)CC3)n(CCCCN(C)C)c3ccccc23)cc1. The molecule has 1 fully saturated rings. The lowest BCUT2D eigenvalue weighted by Crippen LogP contribution is -2.49. The van der Waals surface area contributed by atoms with Gasteiger partial charge in [-0.05, 0) is 87.1 Å². The van der Waals surface area contributed by atoms with Gasteiger partial charge in [0.2, 0.25) is 0 Å². The van der Waals surface area contributed by atoms with E-state index in [0.717, 1.165) is 69.9 Å². The van der Waals surface area contributed by atoms with Crippen LogP contribution in [0.3, 0.4) is 0 Å². The van der Waals surface area contributed by atoms with Gasteiger partial charge in [-0.25, -0.2) is 0 Å². The minimum Gasteiger partial charge on any atom is -0.468 e. The number of hydrogen-bond donors (Lipinski definition) is 0. The lowest BCUT2D eigenvalue weighted by atomic mass is 9.83. The molecule has 52 heavy (non-hydrogen) atoms. The molecule has 1 aliphatic rings. The van der Waals surface area contributed by atoms with E-state index in [1.54, 1.807) is 14.2 Å². The minimum atomic E-state index is -0.260. The number of nitrogens with zero attached hydrogens (tertiary/aromatic N) is 4. The molecule has 0 saturated carbocycles. The van der Waals surface area contributed by atoms with E-state index in [-0.39, 0.29) is 25.4 Å². The molecule has 274 valence electrons. The molecule has 6 rings (SSSR count). The number of unbranched alkanes of at least 4 members (excludes halogenated alkanes) is 1. The minimum absolute atomic E-state index is 0.0442. The molecule has 0 spiro atoms. The van der Waals surface area contributed by atoms with Gasteiger partial charge >= 0.3 is 0 Å². The van der Waals surface area contributed by atoms with Gasteiger partial charge in [-0.3, -0.25) is 4.79 Å². The van der Waals surface area contributed by atoms with E-state index >= 15 is 4.79 Å². The molecule has 2 heterocycles. The summed E-state index contributed by atoms with van der Waals surface area (Å²) in [4.78, 5) is 21.7. The number of methoxy groups -OCH3 is 2. The van der Waals surface area contributed by atoms with Crippen molar-refractivity contribution in [3.63, 3.8) is 0 Å². The average Bonchev–Trinajstić information content (AvgIpc) is 3.49. The maximum Gasteiger partial charge on any atom is 0.270 e. The number of ether oxygens (including phenoxy) is 4. The van der Waals surface area contributed by atoms with Crippen molar-refractivity contribution in [1.82, 2.24) is 14.4 Å². The first kappa shape index (κ1) is 37.2. The van der Waals surface area contributed by atoms with Crippen LogP contribution in [0.4, 0.5) is 5.69 Å². The lowest BCUT2D eigenvalue weighted by molar-refractivity contribution is 0.0509. The number of halogens is 1. The number of hydrogen-bond acceptors (Lipinski definition) is 7. The molecule has 0 N–H and O–H groups in total. The molecular weight excluding hydrogens is 676 g/mol. The Hall–Kier alpha value is -4.54.